The van der Waals surface area contributed by atoms with Crippen LogP contribution in [0.15, 0.2) is 29.3 Å². The zero-order chi connectivity index (χ0) is 11.1. The maximum absolute atomic E-state index is 4.27. The number of piperazine rings is 1. The van der Waals surface area contributed by atoms with Gasteiger partial charge in [0.1, 0.15) is 0 Å². The molecule has 1 fully saturated rings. The second-order valence-electron chi connectivity index (χ2n) is 3.98. The minimum absolute atomic E-state index is 1.09. The Labute approximate surface area is 97.0 Å². The molecule has 0 atom stereocenters. The lowest BCUT2D eigenvalue weighted by molar-refractivity contribution is 0.534. The molecule has 2 aliphatic heterocycles. The number of nitrogens with zero attached hydrogens (tertiary/aromatic N) is 1. The van der Waals surface area contributed by atoms with E-state index in [1.807, 2.05) is 12.3 Å². The number of fused-ring (bicyclic) bond motifs is 1. The Kier molecular flexibility index (Phi) is 4.52. The molecule has 0 amide bonds. The van der Waals surface area contributed by atoms with Gasteiger partial charge in [-0.15, -0.1) is 0 Å². The number of rotatable bonds is 0. The predicted molar refractivity (Wildman–Crippen MR) is 68.7 cm³/mol. The summed E-state index contributed by atoms with van der Waals surface area (Å²) in [6, 6.07) is 8.30. The Balaban J connectivity index is 0.000000138. The number of benzene rings is 1. The van der Waals surface area contributed by atoms with Crippen molar-refractivity contribution in [2.45, 2.75) is 12.8 Å². The molecule has 1 aromatic carbocycles. The van der Waals surface area contributed by atoms with Gasteiger partial charge >= 0.3 is 0 Å². The fourth-order valence-electron chi connectivity index (χ4n) is 1.83. The van der Waals surface area contributed by atoms with Gasteiger partial charge in [-0.1, -0.05) is 18.2 Å². The molecule has 0 bridgehead atoms. The number of nitrogens with one attached hydrogen (secondary N) is 2. The fraction of sp³-hybridized carbons (Fsp3) is 0.462. The lowest BCUT2D eigenvalue weighted by Crippen LogP contribution is -2.39. The highest BCUT2D eigenvalue weighted by Gasteiger charge is 2.01. The van der Waals surface area contributed by atoms with Crippen LogP contribution in [0.5, 0.6) is 0 Å². The predicted octanol–water partition coefficient (Wildman–Crippen LogP) is 1.51. The van der Waals surface area contributed by atoms with Gasteiger partial charge in [0.2, 0.25) is 0 Å². The second kappa shape index (κ2) is 6.40. The molecule has 86 valence electrons. The number of para-hydroxylation sites is 1. The van der Waals surface area contributed by atoms with Gasteiger partial charge in [-0.3, -0.25) is 4.99 Å². The minimum Gasteiger partial charge on any atom is -0.314 e. The first-order valence-corrected chi connectivity index (χ1v) is 5.99. The molecule has 2 aliphatic rings. The van der Waals surface area contributed by atoms with Crippen LogP contribution in [0.1, 0.15) is 12.0 Å². The van der Waals surface area contributed by atoms with Crippen LogP contribution in [0.2, 0.25) is 0 Å². The third-order valence-corrected chi connectivity index (χ3v) is 2.72. The van der Waals surface area contributed by atoms with Crippen molar-refractivity contribution >= 4 is 11.9 Å². The van der Waals surface area contributed by atoms with Crippen LogP contribution in [0, 0.1) is 0 Å². The normalized spacial score (nSPS) is 18.2. The van der Waals surface area contributed by atoms with E-state index in [0.29, 0.717) is 0 Å². The zero-order valence-corrected chi connectivity index (χ0v) is 9.58. The number of hydrogen-bond donors (Lipinski definition) is 2. The van der Waals surface area contributed by atoms with Crippen molar-refractivity contribution in [3.63, 3.8) is 0 Å². The van der Waals surface area contributed by atoms with Crippen molar-refractivity contribution in [2.24, 2.45) is 4.99 Å². The Morgan fingerprint density at radius 1 is 0.938 bits per heavy atom. The lowest BCUT2D eigenvalue weighted by Gasteiger charge is -2.11. The van der Waals surface area contributed by atoms with E-state index in [4.69, 9.17) is 0 Å². The Morgan fingerprint density at radius 3 is 2.25 bits per heavy atom. The summed E-state index contributed by atoms with van der Waals surface area (Å²) in [5.74, 6) is 0. The van der Waals surface area contributed by atoms with Crippen molar-refractivity contribution in [2.75, 3.05) is 26.2 Å². The van der Waals surface area contributed by atoms with Crippen LogP contribution in [0.3, 0.4) is 0 Å². The summed E-state index contributed by atoms with van der Waals surface area (Å²) in [6.07, 6.45) is 4.24. The molecule has 3 nitrogen and oxygen atoms in total. The molecule has 16 heavy (non-hydrogen) atoms. The maximum Gasteiger partial charge on any atom is 0.0657 e. The van der Waals surface area contributed by atoms with E-state index in [1.165, 1.54) is 5.56 Å². The average molecular weight is 217 g/mol. The quantitative estimate of drug-likeness (QED) is 0.691. The lowest BCUT2D eigenvalue weighted by atomic mass is 10.1. The van der Waals surface area contributed by atoms with Gasteiger partial charge in [0, 0.05) is 32.4 Å². The summed E-state index contributed by atoms with van der Waals surface area (Å²) in [5, 5.41) is 6.44. The van der Waals surface area contributed by atoms with Gasteiger partial charge in [0.25, 0.3) is 0 Å². The molecule has 0 radical (unpaired) electrons. The van der Waals surface area contributed by atoms with E-state index in [-0.39, 0.29) is 0 Å². The molecule has 2 N–H and O–H groups in total. The molecule has 0 saturated carbocycles. The summed E-state index contributed by atoms with van der Waals surface area (Å²) in [5.41, 5.74) is 2.53. The monoisotopic (exact) mass is 217 g/mol. The van der Waals surface area contributed by atoms with Crippen molar-refractivity contribution < 1.29 is 0 Å². The van der Waals surface area contributed by atoms with Crippen molar-refractivity contribution in [1.82, 2.24) is 10.6 Å². The van der Waals surface area contributed by atoms with Crippen LogP contribution in [-0.4, -0.2) is 32.4 Å². The van der Waals surface area contributed by atoms with Crippen LogP contribution in [-0.2, 0) is 6.42 Å². The first-order chi connectivity index (χ1) is 7.97. The molecule has 2 heterocycles. The van der Waals surface area contributed by atoms with Crippen LogP contribution >= 0.6 is 0 Å². The maximum atomic E-state index is 4.27. The molecule has 0 unspecified atom stereocenters. The average Bonchev–Trinajstić information content (AvgIpc) is 2.42. The third-order valence-electron chi connectivity index (χ3n) is 2.72. The van der Waals surface area contributed by atoms with Crippen LogP contribution in [0.25, 0.3) is 0 Å². The molecular weight excluding hydrogens is 198 g/mol. The first kappa shape index (κ1) is 11.3. The van der Waals surface area contributed by atoms with E-state index >= 15 is 0 Å². The Bertz CT molecular complexity index is 331. The summed E-state index contributed by atoms with van der Waals surface area (Å²) in [6.45, 7) is 4.56. The number of aryl methyl sites for hydroxylation is 1. The van der Waals surface area contributed by atoms with E-state index in [2.05, 4.69) is 33.8 Å². The molecule has 0 aromatic heterocycles. The standard InChI is InChI=1S/C9H9N.C4H10N2/c1-2-6-9-8(4-1)5-3-7-10-9;1-2-6-4-3-5-1/h1-2,4,6-7H,3,5H2;5-6H,1-4H2. The number of hydrogen-bond acceptors (Lipinski definition) is 3. The van der Waals surface area contributed by atoms with Crippen molar-refractivity contribution in [1.29, 1.82) is 0 Å². The highest BCUT2D eigenvalue weighted by molar-refractivity contribution is 5.68. The highest BCUT2D eigenvalue weighted by Crippen LogP contribution is 2.22. The van der Waals surface area contributed by atoms with E-state index in [1.54, 1.807) is 0 Å². The van der Waals surface area contributed by atoms with Crippen molar-refractivity contribution in [3.8, 4) is 0 Å². The SMILES string of the molecule is C1=Nc2ccccc2CC1.C1CNCCN1. The zero-order valence-electron chi connectivity index (χ0n) is 9.58. The summed E-state index contributed by atoms with van der Waals surface area (Å²) < 4.78 is 0. The topological polar surface area (TPSA) is 36.4 Å². The van der Waals surface area contributed by atoms with Gasteiger partial charge in [-0.2, -0.15) is 0 Å². The first-order valence-electron chi connectivity index (χ1n) is 5.99. The van der Waals surface area contributed by atoms with Gasteiger partial charge in [0.05, 0.1) is 5.69 Å². The molecule has 3 heteroatoms. The summed E-state index contributed by atoms with van der Waals surface area (Å²) >= 11 is 0. The second-order valence-corrected chi connectivity index (χ2v) is 3.98. The molecule has 1 saturated heterocycles. The molecule has 1 aromatic rings. The highest BCUT2D eigenvalue weighted by atomic mass is 15.0. The van der Waals surface area contributed by atoms with Crippen molar-refractivity contribution in [3.05, 3.63) is 29.8 Å². The van der Waals surface area contributed by atoms with Gasteiger partial charge in [-0.05, 0) is 24.5 Å². The Morgan fingerprint density at radius 2 is 1.62 bits per heavy atom. The fourth-order valence-corrected chi connectivity index (χ4v) is 1.83. The molecule has 0 aliphatic carbocycles. The van der Waals surface area contributed by atoms with E-state index < -0.39 is 0 Å². The van der Waals surface area contributed by atoms with Gasteiger partial charge < -0.3 is 10.6 Å². The van der Waals surface area contributed by atoms with E-state index in [9.17, 15) is 0 Å². The Hall–Kier alpha value is -1.19. The summed E-state index contributed by atoms with van der Waals surface area (Å²) in [4.78, 5) is 4.27. The largest absolute Gasteiger partial charge is 0.314 e. The molecule has 3 rings (SSSR count). The molecule has 0 spiro atoms. The van der Waals surface area contributed by atoms with E-state index in [0.717, 1.165) is 44.7 Å². The third kappa shape index (κ3) is 3.43. The van der Waals surface area contributed by atoms with Crippen LogP contribution in [0.4, 0.5) is 5.69 Å². The van der Waals surface area contributed by atoms with Gasteiger partial charge in [0.15, 0.2) is 0 Å². The van der Waals surface area contributed by atoms with Crippen LogP contribution < -0.4 is 10.6 Å². The minimum atomic E-state index is 1.09. The smallest absolute Gasteiger partial charge is 0.0657 e. The molecular formula is C13H19N3. The van der Waals surface area contributed by atoms with Gasteiger partial charge in [-0.25, -0.2) is 0 Å². The number of aliphatic imine (C=N–C) groups is 1. The summed E-state index contributed by atoms with van der Waals surface area (Å²) in [7, 11) is 0.